The molecule has 3 heterocycles. The van der Waals surface area contributed by atoms with Crippen molar-refractivity contribution in [3.63, 3.8) is 0 Å². The largest absolute Gasteiger partial charge is 0.360 e. The first-order valence-corrected chi connectivity index (χ1v) is 9.02. The van der Waals surface area contributed by atoms with E-state index in [-0.39, 0.29) is 5.91 Å². The summed E-state index contributed by atoms with van der Waals surface area (Å²) >= 11 is 0. The molecule has 1 saturated heterocycles. The number of pyridine rings is 1. The third-order valence-corrected chi connectivity index (χ3v) is 5.04. The molecule has 1 aliphatic heterocycles. The number of imidazole rings is 1. The van der Waals surface area contributed by atoms with Gasteiger partial charge in [-0.1, -0.05) is 6.07 Å². The molecule has 3 aromatic rings. The summed E-state index contributed by atoms with van der Waals surface area (Å²) in [7, 11) is 2.23. The Labute approximate surface area is 153 Å². The second-order valence-electron chi connectivity index (χ2n) is 6.97. The number of benzene rings is 1. The van der Waals surface area contributed by atoms with Crippen LogP contribution >= 0.6 is 0 Å². The average molecular weight is 350 g/mol. The molecule has 0 aliphatic carbocycles. The number of quaternary nitrogens is 1. The molecular formula is C20H24N5O+. The van der Waals surface area contributed by atoms with Crippen molar-refractivity contribution < 1.29 is 9.69 Å². The molecular weight excluding hydrogens is 326 g/mol. The monoisotopic (exact) mass is 350 g/mol. The maximum absolute atomic E-state index is 12.5. The van der Waals surface area contributed by atoms with E-state index in [1.54, 1.807) is 11.1 Å². The number of nitrogens with one attached hydrogen (secondary N) is 2. The Morgan fingerprint density at radius 1 is 1.12 bits per heavy atom. The lowest BCUT2D eigenvalue weighted by Gasteiger charge is -2.31. The molecule has 4 rings (SSSR count). The number of carbonyl (C=O) groups is 1. The fraction of sp³-hybridized carbons (Fsp3) is 0.300. The molecule has 2 N–H and O–H groups in total. The smallest absolute Gasteiger partial charge is 0.275 e. The van der Waals surface area contributed by atoms with E-state index in [0.29, 0.717) is 5.69 Å². The topological polar surface area (TPSA) is 54.1 Å². The summed E-state index contributed by atoms with van der Waals surface area (Å²) < 4.78 is 1.92. The number of anilines is 2. The molecule has 1 aromatic carbocycles. The van der Waals surface area contributed by atoms with Gasteiger partial charge >= 0.3 is 0 Å². The minimum Gasteiger partial charge on any atom is -0.360 e. The van der Waals surface area contributed by atoms with Gasteiger partial charge in [-0.15, -0.1) is 0 Å². The van der Waals surface area contributed by atoms with Gasteiger partial charge in [0.15, 0.2) is 0 Å². The summed E-state index contributed by atoms with van der Waals surface area (Å²) in [4.78, 5) is 20.9. The minimum atomic E-state index is -0.191. The molecule has 0 bridgehead atoms. The van der Waals surface area contributed by atoms with Gasteiger partial charge in [-0.3, -0.25) is 4.79 Å². The molecule has 0 unspecified atom stereocenters. The number of carbonyl (C=O) groups excluding carboxylic acids is 1. The van der Waals surface area contributed by atoms with Crippen LogP contribution in [0.2, 0.25) is 0 Å². The second-order valence-corrected chi connectivity index (χ2v) is 6.97. The lowest BCUT2D eigenvalue weighted by Crippen LogP contribution is -3.12. The molecule has 0 saturated carbocycles. The van der Waals surface area contributed by atoms with Crippen LogP contribution in [-0.2, 0) is 0 Å². The van der Waals surface area contributed by atoms with Crippen molar-refractivity contribution in [2.75, 3.05) is 43.4 Å². The van der Waals surface area contributed by atoms with Gasteiger partial charge in [0.05, 0.1) is 33.2 Å². The number of hydrogen-bond donors (Lipinski definition) is 2. The molecule has 2 aromatic heterocycles. The van der Waals surface area contributed by atoms with Gasteiger partial charge in [0.25, 0.3) is 5.91 Å². The van der Waals surface area contributed by atoms with Crippen LogP contribution in [0.4, 0.5) is 11.4 Å². The van der Waals surface area contributed by atoms with E-state index in [9.17, 15) is 4.79 Å². The Morgan fingerprint density at radius 3 is 2.54 bits per heavy atom. The Kier molecular flexibility index (Phi) is 4.34. The van der Waals surface area contributed by atoms with Crippen LogP contribution in [0.25, 0.3) is 5.65 Å². The van der Waals surface area contributed by atoms with Crippen LogP contribution < -0.4 is 15.1 Å². The number of fused-ring (bicyclic) bond motifs is 1. The molecule has 0 atom stereocenters. The van der Waals surface area contributed by atoms with Crippen molar-refractivity contribution in [3.8, 4) is 0 Å². The summed E-state index contributed by atoms with van der Waals surface area (Å²) in [6.45, 7) is 6.45. The molecule has 1 amide bonds. The van der Waals surface area contributed by atoms with Gasteiger partial charge in [-0.05, 0) is 43.3 Å². The fourth-order valence-electron chi connectivity index (χ4n) is 3.36. The highest BCUT2D eigenvalue weighted by Gasteiger charge is 2.17. The van der Waals surface area contributed by atoms with E-state index < -0.39 is 0 Å². The Hall–Kier alpha value is -2.86. The second kappa shape index (κ2) is 6.80. The van der Waals surface area contributed by atoms with Crippen molar-refractivity contribution in [1.29, 1.82) is 0 Å². The Morgan fingerprint density at radius 2 is 1.85 bits per heavy atom. The van der Waals surface area contributed by atoms with Crippen molar-refractivity contribution in [2.24, 2.45) is 0 Å². The van der Waals surface area contributed by atoms with E-state index in [4.69, 9.17) is 0 Å². The van der Waals surface area contributed by atoms with Crippen LogP contribution in [0, 0.1) is 6.92 Å². The van der Waals surface area contributed by atoms with E-state index in [1.165, 1.54) is 5.69 Å². The first-order chi connectivity index (χ1) is 12.6. The molecule has 26 heavy (non-hydrogen) atoms. The molecule has 134 valence electrons. The molecule has 6 nitrogen and oxygen atoms in total. The maximum Gasteiger partial charge on any atom is 0.275 e. The summed E-state index contributed by atoms with van der Waals surface area (Å²) in [5, 5.41) is 2.94. The summed E-state index contributed by atoms with van der Waals surface area (Å²) in [5.74, 6) is -0.191. The number of amides is 1. The highest BCUT2D eigenvalue weighted by Crippen LogP contribution is 2.19. The number of nitrogens with zero attached hydrogens (tertiary/aromatic N) is 3. The number of likely N-dealkylation sites (N-methyl/N-ethyl adjacent to an activating group) is 1. The van der Waals surface area contributed by atoms with Gasteiger partial charge in [0.1, 0.15) is 11.3 Å². The quantitative estimate of drug-likeness (QED) is 0.747. The first kappa shape index (κ1) is 16.6. The minimum absolute atomic E-state index is 0.191. The SMILES string of the molecule is Cc1cccc2nc(C(=O)Nc3ccc(N4CC[NH+](C)CC4)cc3)cn12. The molecule has 6 heteroatoms. The van der Waals surface area contributed by atoms with Crippen LogP contribution in [0.3, 0.4) is 0 Å². The highest BCUT2D eigenvalue weighted by atomic mass is 16.1. The van der Waals surface area contributed by atoms with Gasteiger partial charge in [-0.2, -0.15) is 0 Å². The predicted octanol–water partition coefficient (Wildman–Crippen LogP) is 1.23. The average Bonchev–Trinajstić information content (AvgIpc) is 3.09. The lowest BCUT2D eigenvalue weighted by molar-refractivity contribution is -0.880. The zero-order valence-electron chi connectivity index (χ0n) is 15.2. The van der Waals surface area contributed by atoms with E-state index in [0.717, 1.165) is 43.2 Å². The molecule has 0 spiro atoms. The van der Waals surface area contributed by atoms with E-state index in [2.05, 4.69) is 34.4 Å². The lowest BCUT2D eigenvalue weighted by atomic mass is 10.2. The number of rotatable bonds is 3. The van der Waals surface area contributed by atoms with Crippen molar-refractivity contribution >= 4 is 22.9 Å². The normalized spacial score (nSPS) is 15.4. The summed E-state index contributed by atoms with van der Waals surface area (Å²) in [5.41, 5.74) is 4.24. The van der Waals surface area contributed by atoms with Crippen LogP contribution in [-0.4, -0.2) is 48.5 Å². The van der Waals surface area contributed by atoms with Gasteiger partial charge in [0.2, 0.25) is 0 Å². The standard InChI is InChI=1S/C20H23N5O/c1-15-4-3-5-19-22-18(14-25(15)19)20(26)21-16-6-8-17(9-7-16)24-12-10-23(2)11-13-24/h3-9,14H,10-13H2,1-2H3,(H,21,26)/p+1. The third kappa shape index (κ3) is 3.28. The summed E-state index contributed by atoms with van der Waals surface area (Å²) in [6.07, 6.45) is 1.78. The maximum atomic E-state index is 12.5. The Bertz CT molecular complexity index is 923. The van der Waals surface area contributed by atoms with Crippen LogP contribution in [0.15, 0.2) is 48.7 Å². The third-order valence-electron chi connectivity index (χ3n) is 5.04. The highest BCUT2D eigenvalue weighted by molar-refractivity contribution is 6.03. The molecule has 0 radical (unpaired) electrons. The fourth-order valence-corrected chi connectivity index (χ4v) is 3.36. The van der Waals surface area contributed by atoms with Crippen molar-refractivity contribution in [1.82, 2.24) is 9.38 Å². The zero-order chi connectivity index (χ0) is 18.1. The van der Waals surface area contributed by atoms with Gasteiger partial charge in [-0.25, -0.2) is 4.98 Å². The molecule has 1 fully saturated rings. The number of aromatic nitrogens is 2. The number of piperazine rings is 1. The first-order valence-electron chi connectivity index (χ1n) is 9.02. The van der Waals surface area contributed by atoms with Crippen molar-refractivity contribution in [3.05, 3.63) is 60.0 Å². The number of hydrogen-bond acceptors (Lipinski definition) is 3. The van der Waals surface area contributed by atoms with Gasteiger partial charge in [0, 0.05) is 23.3 Å². The Balaban J connectivity index is 1.46. The predicted molar refractivity (Wildman–Crippen MR) is 103 cm³/mol. The van der Waals surface area contributed by atoms with Crippen LogP contribution in [0.1, 0.15) is 16.2 Å². The molecule has 1 aliphatic rings. The van der Waals surface area contributed by atoms with E-state index >= 15 is 0 Å². The van der Waals surface area contributed by atoms with Crippen LogP contribution in [0.5, 0.6) is 0 Å². The van der Waals surface area contributed by atoms with E-state index in [1.807, 2.05) is 41.7 Å². The van der Waals surface area contributed by atoms with Crippen molar-refractivity contribution in [2.45, 2.75) is 6.92 Å². The number of aryl methyl sites for hydroxylation is 1. The zero-order valence-corrected chi connectivity index (χ0v) is 15.2. The summed E-state index contributed by atoms with van der Waals surface area (Å²) in [6, 6.07) is 13.9. The van der Waals surface area contributed by atoms with Gasteiger partial charge < -0.3 is 19.5 Å².